The summed E-state index contributed by atoms with van der Waals surface area (Å²) in [6.07, 6.45) is 1.78. The summed E-state index contributed by atoms with van der Waals surface area (Å²) < 4.78 is 0.0812. The molecule has 2 nitrogen and oxygen atoms in total. The molecule has 0 aliphatic carbocycles. The van der Waals surface area contributed by atoms with Crippen molar-refractivity contribution in [2.24, 2.45) is 0 Å². The summed E-state index contributed by atoms with van der Waals surface area (Å²) in [6.45, 7) is 0. The van der Waals surface area contributed by atoms with Gasteiger partial charge in [-0.2, -0.15) is 0 Å². The van der Waals surface area contributed by atoms with Crippen molar-refractivity contribution < 1.29 is 9.90 Å². The van der Waals surface area contributed by atoms with Gasteiger partial charge in [-0.1, -0.05) is 30.3 Å². The maximum atomic E-state index is 11.2. The molecule has 84 valence electrons. The van der Waals surface area contributed by atoms with Crippen molar-refractivity contribution in [2.45, 2.75) is 4.58 Å². The number of rotatable bonds is 3. The summed E-state index contributed by atoms with van der Waals surface area (Å²) in [6, 6.07) is 9.61. The van der Waals surface area contributed by atoms with Crippen molar-refractivity contribution >= 4 is 35.6 Å². The number of carbonyl (C=O) groups is 1. The minimum Gasteiger partial charge on any atom is -0.478 e. The average Bonchev–Trinajstić information content (AvgIpc) is 2.80. The van der Waals surface area contributed by atoms with Crippen LogP contribution in [0.3, 0.4) is 0 Å². The highest BCUT2D eigenvalue weighted by Crippen LogP contribution is 2.37. The predicted octanol–water partition coefficient (Wildman–Crippen LogP) is 2.96. The Balaban J connectivity index is 2.25. The molecule has 1 fully saturated rings. The fourth-order valence-corrected chi connectivity index (χ4v) is 4.35. The van der Waals surface area contributed by atoms with Crippen molar-refractivity contribution in [3.8, 4) is 0 Å². The van der Waals surface area contributed by atoms with Crippen molar-refractivity contribution in [3.05, 3.63) is 41.5 Å². The van der Waals surface area contributed by atoms with Gasteiger partial charge >= 0.3 is 5.97 Å². The van der Waals surface area contributed by atoms with E-state index in [0.717, 1.165) is 17.1 Å². The van der Waals surface area contributed by atoms with Crippen molar-refractivity contribution in [2.75, 3.05) is 11.5 Å². The van der Waals surface area contributed by atoms with Crippen LogP contribution in [-0.4, -0.2) is 27.2 Å². The average molecular weight is 252 g/mol. The second kappa shape index (κ2) is 5.46. The maximum Gasteiger partial charge on any atom is 0.333 e. The lowest BCUT2D eigenvalue weighted by Gasteiger charge is -2.08. The lowest BCUT2D eigenvalue weighted by Crippen LogP contribution is -2.09. The highest BCUT2D eigenvalue weighted by molar-refractivity contribution is 8.20. The molecule has 1 saturated heterocycles. The lowest BCUT2D eigenvalue weighted by atomic mass is 10.1. The molecule has 1 N–H and O–H groups in total. The van der Waals surface area contributed by atoms with Crippen molar-refractivity contribution in [3.63, 3.8) is 0 Å². The third-order valence-electron chi connectivity index (χ3n) is 2.24. The van der Waals surface area contributed by atoms with Crippen LogP contribution in [0.2, 0.25) is 0 Å². The molecule has 16 heavy (non-hydrogen) atoms. The van der Waals surface area contributed by atoms with E-state index in [1.165, 1.54) is 0 Å². The summed E-state index contributed by atoms with van der Waals surface area (Å²) >= 11 is 3.42. The summed E-state index contributed by atoms with van der Waals surface area (Å²) in [4.78, 5) is 11.2. The standard InChI is InChI=1S/C12H12O2S2/c13-11(14)10(12-15-6-7-16-12)8-9-4-2-1-3-5-9/h1-5,8,12H,6-7H2,(H,13,14). The number of hydrogen-bond acceptors (Lipinski definition) is 3. The highest BCUT2D eigenvalue weighted by atomic mass is 32.2. The molecule has 1 heterocycles. The second-order valence-corrected chi connectivity index (χ2v) is 6.11. The molecule has 0 aromatic heterocycles. The number of hydrogen-bond donors (Lipinski definition) is 1. The third-order valence-corrected chi connectivity index (χ3v) is 5.31. The molecule has 4 heteroatoms. The summed E-state index contributed by atoms with van der Waals surface area (Å²) in [5, 5.41) is 9.20. The molecule has 0 saturated carbocycles. The molecule has 1 aliphatic heterocycles. The van der Waals surface area contributed by atoms with E-state index >= 15 is 0 Å². The molecule has 0 amide bonds. The van der Waals surface area contributed by atoms with Crippen LogP contribution in [-0.2, 0) is 4.79 Å². The smallest absolute Gasteiger partial charge is 0.333 e. The zero-order chi connectivity index (χ0) is 11.4. The molecular formula is C12H12O2S2. The Bertz CT molecular complexity index is 395. The Hall–Kier alpha value is -0.870. The Kier molecular flexibility index (Phi) is 3.96. The van der Waals surface area contributed by atoms with Crippen molar-refractivity contribution in [1.29, 1.82) is 0 Å². The summed E-state index contributed by atoms with van der Waals surface area (Å²) in [7, 11) is 0. The first kappa shape index (κ1) is 11.6. The quantitative estimate of drug-likeness (QED) is 0.839. The number of thioether (sulfide) groups is 2. The zero-order valence-electron chi connectivity index (χ0n) is 8.63. The monoisotopic (exact) mass is 252 g/mol. The van der Waals surface area contributed by atoms with E-state index in [9.17, 15) is 9.90 Å². The Morgan fingerprint density at radius 2 is 1.88 bits per heavy atom. The van der Waals surface area contributed by atoms with Gasteiger partial charge in [0.25, 0.3) is 0 Å². The minimum atomic E-state index is -0.809. The Morgan fingerprint density at radius 1 is 1.25 bits per heavy atom. The Morgan fingerprint density at radius 3 is 2.44 bits per heavy atom. The van der Waals surface area contributed by atoms with E-state index in [1.807, 2.05) is 30.3 Å². The largest absolute Gasteiger partial charge is 0.478 e. The van der Waals surface area contributed by atoms with E-state index < -0.39 is 5.97 Å². The van der Waals surface area contributed by atoms with E-state index in [0.29, 0.717) is 5.57 Å². The molecule has 1 aromatic rings. The minimum absolute atomic E-state index is 0.0812. The van der Waals surface area contributed by atoms with Gasteiger partial charge in [0.15, 0.2) is 0 Å². The third kappa shape index (κ3) is 2.83. The van der Waals surface area contributed by atoms with E-state index in [-0.39, 0.29) is 4.58 Å². The number of aliphatic carboxylic acids is 1. The molecule has 2 rings (SSSR count). The van der Waals surface area contributed by atoms with Gasteiger partial charge in [0.2, 0.25) is 0 Å². The summed E-state index contributed by atoms with van der Waals surface area (Å²) in [5.74, 6) is 1.26. The fourth-order valence-electron chi connectivity index (χ4n) is 1.50. The van der Waals surface area contributed by atoms with Gasteiger partial charge in [-0.05, 0) is 11.6 Å². The molecule has 1 aromatic carbocycles. The van der Waals surface area contributed by atoms with Gasteiger partial charge in [-0.25, -0.2) is 4.79 Å². The zero-order valence-corrected chi connectivity index (χ0v) is 10.3. The van der Waals surface area contributed by atoms with Crippen LogP contribution in [0.4, 0.5) is 0 Å². The topological polar surface area (TPSA) is 37.3 Å². The molecule has 0 spiro atoms. The highest BCUT2D eigenvalue weighted by Gasteiger charge is 2.25. The maximum absolute atomic E-state index is 11.2. The normalized spacial score (nSPS) is 17.6. The lowest BCUT2D eigenvalue weighted by molar-refractivity contribution is -0.132. The van der Waals surface area contributed by atoms with Crippen LogP contribution in [0.15, 0.2) is 35.9 Å². The predicted molar refractivity (Wildman–Crippen MR) is 70.8 cm³/mol. The second-order valence-electron chi connectivity index (χ2n) is 3.39. The van der Waals surface area contributed by atoms with Gasteiger partial charge in [-0.15, -0.1) is 23.5 Å². The van der Waals surface area contributed by atoms with Crippen LogP contribution in [0.25, 0.3) is 6.08 Å². The van der Waals surface area contributed by atoms with Gasteiger partial charge in [0.1, 0.15) is 0 Å². The number of carboxylic acids is 1. The van der Waals surface area contributed by atoms with Crippen LogP contribution in [0.1, 0.15) is 5.56 Å². The van der Waals surface area contributed by atoms with Gasteiger partial charge in [0, 0.05) is 11.5 Å². The first-order chi connectivity index (χ1) is 7.77. The number of carboxylic acid groups (broad SMARTS) is 1. The first-order valence-corrected chi connectivity index (χ1v) is 7.10. The SMILES string of the molecule is O=C(O)C(=Cc1ccccc1)C1SCCS1. The molecular weight excluding hydrogens is 240 g/mol. The van der Waals surface area contributed by atoms with Crippen molar-refractivity contribution in [1.82, 2.24) is 0 Å². The van der Waals surface area contributed by atoms with E-state index in [4.69, 9.17) is 0 Å². The van der Waals surface area contributed by atoms with Gasteiger partial charge < -0.3 is 5.11 Å². The summed E-state index contributed by atoms with van der Waals surface area (Å²) in [5.41, 5.74) is 1.45. The first-order valence-electron chi connectivity index (χ1n) is 5.00. The van der Waals surface area contributed by atoms with Gasteiger partial charge in [-0.3, -0.25) is 0 Å². The van der Waals surface area contributed by atoms with E-state index in [1.54, 1.807) is 29.6 Å². The van der Waals surface area contributed by atoms with Crippen LogP contribution < -0.4 is 0 Å². The van der Waals surface area contributed by atoms with Crippen LogP contribution >= 0.6 is 23.5 Å². The fraction of sp³-hybridized carbons (Fsp3) is 0.250. The molecule has 0 unspecified atom stereocenters. The molecule has 0 bridgehead atoms. The van der Waals surface area contributed by atoms with E-state index in [2.05, 4.69) is 0 Å². The molecule has 0 radical (unpaired) electrons. The molecule has 0 atom stereocenters. The molecule has 1 aliphatic rings. The van der Waals surface area contributed by atoms with Crippen LogP contribution in [0.5, 0.6) is 0 Å². The Labute approximate surface area is 103 Å². The van der Waals surface area contributed by atoms with Gasteiger partial charge in [0.05, 0.1) is 10.2 Å². The van der Waals surface area contributed by atoms with Crippen LogP contribution in [0, 0.1) is 0 Å². The number of benzene rings is 1.